The number of aryl methyl sites for hydroxylation is 1. The lowest BCUT2D eigenvalue weighted by Gasteiger charge is -2.12. The van der Waals surface area contributed by atoms with Crippen LogP contribution < -0.4 is 5.56 Å². The van der Waals surface area contributed by atoms with Gasteiger partial charge in [-0.25, -0.2) is 4.98 Å². The molecule has 8 rings (SSSR count). The first-order chi connectivity index (χ1) is 29.0. The minimum atomic E-state index is -3.39. The number of aromatic amines is 2. The highest BCUT2D eigenvalue weighted by Gasteiger charge is 2.21. The van der Waals surface area contributed by atoms with Gasteiger partial charge in [0.1, 0.15) is 0 Å². The Bertz CT molecular complexity index is 2350. The molecule has 12 heteroatoms. The molecular formula is C48H52N4O4S4. The second kappa shape index (κ2) is 26.1. The summed E-state index contributed by atoms with van der Waals surface area (Å²) in [7, 11) is -1.34. The van der Waals surface area contributed by atoms with E-state index >= 15 is 0 Å². The number of nitrogens with one attached hydrogen (secondary N) is 2. The quantitative estimate of drug-likeness (QED) is 0.114. The Morgan fingerprint density at radius 1 is 0.817 bits per heavy atom. The number of nitrogens with zero attached hydrogens (tertiary/aromatic N) is 2. The molecule has 2 aliphatic heterocycles. The Kier molecular flexibility index (Phi) is 20.6. The van der Waals surface area contributed by atoms with Crippen LogP contribution in [0.5, 0.6) is 0 Å². The lowest BCUT2D eigenvalue weighted by molar-refractivity contribution is 0.327. The van der Waals surface area contributed by atoms with Gasteiger partial charge in [0.05, 0.1) is 34.0 Å². The van der Waals surface area contributed by atoms with Crippen molar-refractivity contribution in [3.63, 3.8) is 0 Å². The van der Waals surface area contributed by atoms with Crippen molar-refractivity contribution in [2.45, 2.75) is 38.4 Å². The van der Waals surface area contributed by atoms with Crippen molar-refractivity contribution in [1.29, 1.82) is 0 Å². The van der Waals surface area contributed by atoms with E-state index in [-0.39, 0.29) is 23.2 Å². The van der Waals surface area contributed by atoms with Gasteiger partial charge in [0.25, 0.3) is 10.1 Å². The predicted octanol–water partition coefficient (Wildman–Crippen LogP) is 11.3. The highest BCUT2D eigenvalue weighted by Crippen LogP contribution is 2.32. The summed E-state index contributed by atoms with van der Waals surface area (Å²) in [6.07, 6.45) is 12.3. The van der Waals surface area contributed by atoms with Crippen LogP contribution in [-0.4, -0.2) is 64.5 Å². The molecule has 1 atom stereocenters. The van der Waals surface area contributed by atoms with Crippen molar-refractivity contribution in [1.82, 2.24) is 19.9 Å². The van der Waals surface area contributed by atoms with Crippen LogP contribution in [0.2, 0.25) is 0 Å². The third-order valence-corrected chi connectivity index (χ3v) is 12.0. The summed E-state index contributed by atoms with van der Waals surface area (Å²) >= 11 is 11.4. The zero-order chi connectivity index (χ0) is 43.0. The predicted molar refractivity (Wildman–Crippen MR) is 258 cm³/mol. The zero-order valence-electron chi connectivity index (χ0n) is 34.1. The van der Waals surface area contributed by atoms with Gasteiger partial charge in [-0.1, -0.05) is 141 Å². The number of thioether (sulfide) groups is 1. The van der Waals surface area contributed by atoms with E-state index in [1.54, 1.807) is 30.1 Å². The van der Waals surface area contributed by atoms with Crippen molar-refractivity contribution < 1.29 is 12.6 Å². The summed E-state index contributed by atoms with van der Waals surface area (Å²) in [4.78, 5) is 23.5. The van der Waals surface area contributed by atoms with Crippen LogP contribution in [0.3, 0.4) is 0 Å². The molecule has 3 aromatic carbocycles. The molecule has 0 radical (unpaired) electrons. The zero-order valence-corrected chi connectivity index (χ0v) is 37.4. The Morgan fingerprint density at radius 2 is 1.43 bits per heavy atom. The fourth-order valence-corrected chi connectivity index (χ4v) is 7.88. The second-order valence-corrected chi connectivity index (χ2v) is 17.3. The standard InChI is InChI=1S/C17H13N.C16H20O3S2.C5H5NO.C5H9NS.C5H5NS/c1-3-8-14(9-4-1)16-12-7-13-17(18-16)15-10-5-2-6-11-15;1-3-10-21(17,18)19-12-16-15(8-9-20-16)11-14-7-5-4-6-13(14)2;7-5-3-1-2-4-6-5;1-6-4-2-3-5(6)7;7-5-1-3-6-4-2-5/h1-13H;4-9,11,16H,3,10,12H2,1-2H3;1-4H,(H,6,7);2-4H2,1H3;1-4H,(H,6,7)/b;15-11+;;;. The van der Waals surface area contributed by atoms with Crippen LogP contribution in [-0.2, 0) is 14.3 Å². The van der Waals surface area contributed by atoms with Crippen molar-refractivity contribution in [2.24, 2.45) is 0 Å². The van der Waals surface area contributed by atoms with E-state index in [1.165, 1.54) is 24.6 Å². The number of benzene rings is 3. The molecule has 1 fully saturated rings. The Hall–Kier alpha value is -5.24. The van der Waals surface area contributed by atoms with Crippen LogP contribution in [0.15, 0.2) is 174 Å². The minimum absolute atomic E-state index is 0.0382. The molecule has 1 unspecified atom stereocenters. The van der Waals surface area contributed by atoms with E-state index in [0.29, 0.717) is 6.42 Å². The first-order valence-corrected chi connectivity index (χ1v) is 22.9. The average molecular weight is 877 g/mol. The van der Waals surface area contributed by atoms with E-state index < -0.39 is 10.1 Å². The maximum absolute atomic E-state index is 11.6. The molecule has 312 valence electrons. The molecule has 60 heavy (non-hydrogen) atoms. The highest BCUT2D eigenvalue weighted by molar-refractivity contribution is 8.03. The molecule has 2 aliphatic rings. The first-order valence-electron chi connectivity index (χ1n) is 19.6. The van der Waals surface area contributed by atoms with E-state index in [2.05, 4.69) is 77.4 Å². The molecule has 8 nitrogen and oxygen atoms in total. The Morgan fingerprint density at radius 3 is 1.90 bits per heavy atom. The molecule has 2 N–H and O–H groups in total. The molecule has 0 saturated carbocycles. The first kappa shape index (κ1) is 47.4. The number of hydrogen-bond acceptors (Lipinski definition) is 8. The maximum atomic E-state index is 11.6. The van der Waals surface area contributed by atoms with Gasteiger partial charge in [-0.05, 0) is 78.6 Å². The molecule has 3 aromatic heterocycles. The van der Waals surface area contributed by atoms with Crippen LogP contribution in [0.4, 0.5) is 0 Å². The van der Waals surface area contributed by atoms with Crippen LogP contribution in [0.1, 0.15) is 37.3 Å². The fourth-order valence-electron chi connectivity index (χ4n) is 5.58. The van der Waals surface area contributed by atoms with Gasteiger partial charge in [0, 0.05) is 53.9 Å². The van der Waals surface area contributed by atoms with Crippen LogP contribution in [0, 0.1) is 11.4 Å². The highest BCUT2D eigenvalue weighted by atomic mass is 32.2. The van der Waals surface area contributed by atoms with Gasteiger partial charge < -0.3 is 14.9 Å². The van der Waals surface area contributed by atoms with Gasteiger partial charge >= 0.3 is 0 Å². The number of pyridine rings is 3. The van der Waals surface area contributed by atoms with Gasteiger partial charge in [0.15, 0.2) is 0 Å². The Labute approximate surface area is 369 Å². The van der Waals surface area contributed by atoms with Crippen LogP contribution >= 0.6 is 36.2 Å². The number of likely N-dealkylation sites (tertiary alicyclic amines) is 1. The number of hydrogen-bond donors (Lipinski definition) is 2. The number of allylic oxidation sites excluding steroid dienone is 1. The smallest absolute Gasteiger partial charge is 0.267 e. The van der Waals surface area contributed by atoms with E-state index in [9.17, 15) is 13.2 Å². The number of thiocarbonyl (C=S) groups is 1. The molecule has 6 aromatic rings. The monoisotopic (exact) mass is 876 g/mol. The minimum Gasteiger partial charge on any atom is -0.369 e. The van der Waals surface area contributed by atoms with Crippen molar-refractivity contribution in [2.75, 3.05) is 26.0 Å². The summed E-state index contributed by atoms with van der Waals surface area (Å²) in [5.74, 6) is 0.0780. The van der Waals surface area contributed by atoms with Crippen molar-refractivity contribution >= 4 is 57.4 Å². The maximum Gasteiger partial charge on any atom is 0.267 e. The summed E-state index contributed by atoms with van der Waals surface area (Å²) in [6.45, 7) is 5.25. The van der Waals surface area contributed by atoms with Crippen molar-refractivity contribution in [3.8, 4) is 22.5 Å². The normalized spacial score (nSPS) is 14.7. The van der Waals surface area contributed by atoms with Gasteiger partial charge in [-0.3, -0.25) is 8.98 Å². The van der Waals surface area contributed by atoms with Gasteiger partial charge in [-0.2, -0.15) is 8.42 Å². The summed E-state index contributed by atoms with van der Waals surface area (Å²) in [5, 5.41) is 2.03. The topological polar surface area (TPSA) is 108 Å². The SMILES string of the molecule is CCCS(=O)(=O)OCC1SC=C/C1=C\c1ccccc1C.CN1CCCC1=S.O=c1cccc[nH]1.S=c1cc[nH]cc1.c1ccc(-c2cccc(-c3ccccc3)n2)cc1. The number of rotatable bonds is 8. The summed E-state index contributed by atoms with van der Waals surface area (Å²) < 4.78 is 29.3. The molecule has 0 spiro atoms. The fraction of sp³-hybridized carbons (Fsp3) is 0.208. The lowest BCUT2D eigenvalue weighted by atomic mass is 10.0. The largest absolute Gasteiger partial charge is 0.369 e. The van der Waals surface area contributed by atoms with E-state index in [1.807, 2.05) is 104 Å². The molecule has 1 saturated heterocycles. The molecule has 5 heterocycles. The molecule has 0 aliphatic carbocycles. The third kappa shape index (κ3) is 17.5. The van der Waals surface area contributed by atoms with Gasteiger partial charge in [0.2, 0.25) is 5.56 Å². The third-order valence-electron chi connectivity index (χ3n) is 8.81. The van der Waals surface area contributed by atoms with E-state index in [0.717, 1.165) is 49.6 Å². The summed E-state index contributed by atoms with van der Waals surface area (Å²) in [6, 6.07) is 43.4. The average Bonchev–Trinajstić information content (AvgIpc) is 3.89. The van der Waals surface area contributed by atoms with Crippen LogP contribution in [0.25, 0.3) is 28.6 Å². The molecular weight excluding hydrogens is 825 g/mol. The summed E-state index contributed by atoms with van der Waals surface area (Å²) in [5.41, 5.74) is 7.72. The molecule has 0 amide bonds. The lowest BCUT2D eigenvalue weighted by Crippen LogP contribution is -2.18. The van der Waals surface area contributed by atoms with Gasteiger partial charge in [-0.15, -0.1) is 11.8 Å². The number of H-pyrrole nitrogens is 2. The molecule has 0 bridgehead atoms. The van der Waals surface area contributed by atoms with Crippen molar-refractivity contribution in [3.05, 3.63) is 195 Å². The Balaban J connectivity index is 0.000000181. The second-order valence-electron chi connectivity index (χ2n) is 13.5. The number of aromatic nitrogens is 3. The van der Waals surface area contributed by atoms with E-state index in [4.69, 9.17) is 33.6 Å².